The molecule has 0 aliphatic carbocycles. The lowest BCUT2D eigenvalue weighted by Gasteiger charge is -2.07. The van der Waals surface area contributed by atoms with Gasteiger partial charge in [0.05, 0.1) is 0 Å². The van der Waals surface area contributed by atoms with Gasteiger partial charge in [-0.2, -0.15) is 0 Å². The summed E-state index contributed by atoms with van der Waals surface area (Å²) in [6, 6.07) is 7.19. The quantitative estimate of drug-likeness (QED) is 0.543. The van der Waals surface area contributed by atoms with Crippen LogP contribution in [-0.2, 0) is 9.53 Å². The molecule has 1 aromatic rings. The second-order valence-corrected chi connectivity index (χ2v) is 5.83. The van der Waals surface area contributed by atoms with Crippen LogP contribution in [0.1, 0.15) is 38.7 Å². The van der Waals surface area contributed by atoms with Gasteiger partial charge in [0.1, 0.15) is 4.99 Å². The van der Waals surface area contributed by atoms with Gasteiger partial charge in [-0.05, 0) is 43.0 Å². The van der Waals surface area contributed by atoms with Crippen molar-refractivity contribution in [2.75, 3.05) is 18.5 Å². The zero-order valence-electron chi connectivity index (χ0n) is 12.7. The SMILES string of the molecule is CC(C)CCOCCCC(=O)Nc1ccc(C(N)=S)cc1. The van der Waals surface area contributed by atoms with E-state index in [1.807, 2.05) is 0 Å². The Hall–Kier alpha value is -1.46. The van der Waals surface area contributed by atoms with Gasteiger partial charge in [0, 0.05) is 30.9 Å². The van der Waals surface area contributed by atoms with Crippen molar-refractivity contribution in [1.29, 1.82) is 0 Å². The van der Waals surface area contributed by atoms with E-state index < -0.39 is 0 Å². The molecule has 0 fully saturated rings. The van der Waals surface area contributed by atoms with Crippen LogP contribution in [-0.4, -0.2) is 24.1 Å². The van der Waals surface area contributed by atoms with E-state index in [1.165, 1.54) is 0 Å². The van der Waals surface area contributed by atoms with Gasteiger partial charge in [0.15, 0.2) is 0 Å². The monoisotopic (exact) mass is 308 g/mol. The minimum atomic E-state index is -0.00876. The normalized spacial score (nSPS) is 10.6. The summed E-state index contributed by atoms with van der Waals surface area (Å²) in [4.78, 5) is 12.1. The van der Waals surface area contributed by atoms with E-state index in [0.717, 1.165) is 30.7 Å². The highest BCUT2D eigenvalue weighted by Crippen LogP contribution is 2.10. The van der Waals surface area contributed by atoms with Crippen LogP contribution in [0, 0.1) is 5.92 Å². The van der Waals surface area contributed by atoms with Crippen LogP contribution in [0.15, 0.2) is 24.3 Å². The molecule has 116 valence electrons. The molecule has 3 N–H and O–H groups in total. The third kappa shape index (κ3) is 7.78. The number of hydrogen-bond acceptors (Lipinski definition) is 3. The number of thiocarbonyl (C=S) groups is 1. The number of anilines is 1. The molecule has 4 nitrogen and oxygen atoms in total. The lowest BCUT2D eigenvalue weighted by molar-refractivity contribution is -0.116. The molecule has 0 bridgehead atoms. The number of benzene rings is 1. The standard InChI is InChI=1S/C16H24N2O2S/c1-12(2)9-11-20-10-3-4-15(19)18-14-7-5-13(6-8-14)16(17)21/h5-8,12H,3-4,9-11H2,1-2H3,(H2,17,21)(H,18,19). The molecular weight excluding hydrogens is 284 g/mol. The fraction of sp³-hybridized carbons (Fsp3) is 0.500. The van der Waals surface area contributed by atoms with Crippen LogP contribution in [0.4, 0.5) is 5.69 Å². The first-order valence-electron chi connectivity index (χ1n) is 7.26. The topological polar surface area (TPSA) is 64.3 Å². The smallest absolute Gasteiger partial charge is 0.224 e. The second-order valence-electron chi connectivity index (χ2n) is 5.39. The van der Waals surface area contributed by atoms with Crippen LogP contribution < -0.4 is 11.1 Å². The molecule has 0 aliphatic rings. The van der Waals surface area contributed by atoms with Crippen molar-refractivity contribution in [3.05, 3.63) is 29.8 Å². The summed E-state index contributed by atoms with van der Waals surface area (Å²) in [5.74, 6) is 0.642. The number of carbonyl (C=O) groups excluding carboxylic acids is 1. The van der Waals surface area contributed by atoms with Crippen molar-refractivity contribution >= 4 is 28.8 Å². The minimum absolute atomic E-state index is 0.00876. The van der Waals surface area contributed by atoms with Gasteiger partial charge in [-0.3, -0.25) is 4.79 Å². The number of amides is 1. The summed E-state index contributed by atoms with van der Waals surface area (Å²) in [6.45, 7) is 5.72. The van der Waals surface area contributed by atoms with Crippen molar-refractivity contribution in [2.45, 2.75) is 33.1 Å². The zero-order valence-corrected chi connectivity index (χ0v) is 13.5. The van der Waals surface area contributed by atoms with E-state index in [-0.39, 0.29) is 5.91 Å². The average Bonchev–Trinajstić information content (AvgIpc) is 2.43. The van der Waals surface area contributed by atoms with Crippen LogP contribution in [0.3, 0.4) is 0 Å². The molecule has 0 radical (unpaired) electrons. The van der Waals surface area contributed by atoms with Crippen molar-refractivity contribution < 1.29 is 9.53 Å². The summed E-state index contributed by atoms with van der Waals surface area (Å²) < 4.78 is 5.48. The number of hydrogen-bond donors (Lipinski definition) is 2. The highest BCUT2D eigenvalue weighted by Gasteiger charge is 2.03. The van der Waals surface area contributed by atoms with Gasteiger partial charge in [0.25, 0.3) is 0 Å². The third-order valence-electron chi connectivity index (χ3n) is 2.99. The number of carbonyl (C=O) groups is 1. The Morgan fingerprint density at radius 2 is 1.95 bits per heavy atom. The molecule has 0 aliphatic heterocycles. The predicted octanol–water partition coefficient (Wildman–Crippen LogP) is 3.10. The first-order chi connectivity index (χ1) is 9.99. The van der Waals surface area contributed by atoms with Gasteiger partial charge in [-0.25, -0.2) is 0 Å². The lowest BCUT2D eigenvalue weighted by atomic mass is 10.1. The van der Waals surface area contributed by atoms with E-state index in [1.54, 1.807) is 24.3 Å². The molecule has 0 heterocycles. The Morgan fingerprint density at radius 1 is 1.29 bits per heavy atom. The van der Waals surface area contributed by atoms with E-state index in [2.05, 4.69) is 19.2 Å². The van der Waals surface area contributed by atoms with E-state index >= 15 is 0 Å². The van der Waals surface area contributed by atoms with Gasteiger partial charge < -0.3 is 15.8 Å². The Labute approximate surface area is 132 Å². The number of rotatable bonds is 9. The second kappa shape index (κ2) is 9.47. The summed E-state index contributed by atoms with van der Waals surface area (Å²) in [6.07, 6.45) is 2.25. The Balaban J connectivity index is 2.20. The van der Waals surface area contributed by atoms with Gasteiger partial charge >= 0.3 is 0 Å². The Morgan fingerprint density at radius 3 is 2.52 bits per heavy atom. The molecule has 0 saturated carbocycles. The van der Waals surface area contributed by atoms with Crippen LogP contribution in [0.25, 0.3) is 0 Å². The fourth-order valence-corrected chi connectivity index (χ4v) is 1.83. The molecule has 0 aromatic heterocycles. The Kier molecular flexibility index (Phi) is 7.93. The first-order valence-corrected chi connectivity index (χ1v) is 7.67. The van der Waals surface area contributed by atoms with E-state index in [9.17, 15) is 4.79 Å². The van der Waals surface area contributed by atoms with Crippen molar-refractivity contribution in [2.24, 2.45) is 11.7 Å². The molecule has 0 unspecified atom stereocenters. The minimum Gasteiger partial charge on any atom is -0.389 e. The van der Waals surface area contributed by atoms with Gasteiger partial charge in [0.2, 0.25) is 5.91 Å². The molecule has 0 saturated heterocycles. The number of ether oxygens (including phenoxy) is 1. The molecule has 1 aromatic carbocycles. The molecule has 0 spiro atoms. The maximum Gasteiger partial charge on any atom is 0.224 e. The molecule has 1 rings (SSSR count). The molecule has 5 heteroatoms. The van der Waals surface area contributed by atoms with Crippen molar-refractivity contribution in [1.82, 2.24) is 0 Å². The zero-order chi connectivity index (χ0) is 15.7. The maximum absolute atomic E-state index is 11.8. The first kappa shape index (κ1) is 17.6. The van der Waals surface area contributed by atoms with Crippen LogP contribution >= 0.6 is 12.2 Å². The van der Waals surface area contributed by atoms with Crippen molar-refractivity contribution in [3.8, 4) is 0 Å². The predicted molar refractivity (Wildman–Crippen MR) is 90.5 cm³/mol. The van der Waals surface area contributed by atoms with E-state index in [0.29, 0.717) is 23.9 Å². The molecule has 21 heavy (non-hydrogen) atoms. The van der Waals surface area contributed by atoms with E-state index in [4.69, 9.17) is 22.7 Å². The lowest BCUT2D eigenvalue weighted by Crippen LogP contribution is -2.13. The van der Waals surface area contributed by atoms with Crippen LogP contribution in [0.2, 0.25) is 0 Å². The average molecular weight is 308 g/mol. The highest BCUT2D eigenvalue weighted by atomic mass is 32.1. The molecule has 0 atom stereocenters. The van der Waals surface area contributed by atoms with Crippen molar-refractivity contribution in [3.63, 3.8) is 0 Å². The summed E-state index contributed by atoms with van der Waals surface area (Å²) in [7, 11) is 0. The Bertz CT molecular complexity index is 458. The summed E-state index contributed by atoms with van der Waals surface area (Å²) in [5.41, 5.74) is 7.06. The van der Waals surface area contributed by atoms with Gasteiger partial charge in [-0.1, -0.05) is 26.1 Å². The van der Waals surface area contributed by atoms with Crippen LogP contribution in [0.5, 0.6) is 0 Å². The maximum atomic E-state index is 11.8. The largest absolute Gasteiger partial charge is 0.389 e. The number of nitrogens with one attached hydrogen (secondary N) is 1. The summed E-state index contributed by atoms with van der Waals surface area (Å²) in [5, 5.41) is 2.84. The third-order valence-corrected chi connectivity index (χ3v) is 3.22. The fourth-order valence-electron chi connectivity index (χ4n) is 1.70. The highest BCUT2D eigenvalue weighted by molar-refractivity contribution is 7.80. The molecular formula is C16H24N2O2S. The number of nitrogens with two attached hydrogens (primary N) is 1. The summed E-state index contributed by atoms with van der Waals surface area (Å²) >= 11 is 4.88. The van der Waals surface area contributed by atoms with Gasteiger partial charge in [-0.15, -0.1) is 0 Å². The molecule has 1 amide bonds.